The monoisotopic (exact) mass is 558 g/mol. The SMILES string of the molecule is CC(C)(C)[C@H](NC(=O)c1cc(On2nnc3ccccc32)nc(-c2ccccc2)n1)C(=O)N1CCN(C(=O)O)CC1. The maximum Gasteiger partial charge on any atom is 0.407 e. The Morgan fingerprint density at radius 3 is 2.27 bits per heavy atom. The topological polar surface area (TPSA) is 156 Å². The summed E-state index contributed by atoms with van der Waals surface area (Å²) in [7, 11) is 0. The Balaban J connectivity index is 1.43. The van der Waals surface area contributed by atoms with E-state index in [0.717, 1.165) is 0 Å². The fourth-order valence-corrected chi connectivity index (χ4v) is 4.46. The van der Waals surface area contributed by atoms with Gasteiger partial charge in [-0.05, 0) is 22.8 Å². The number of amides is 3. The van der Waals surface area contributed by atoms with Gasteiger partial charge in [-0.2, -0.15) is 4.98 Å². The smallest absolute Gasteiger partial charge is 0.407 e. The van der Waals surface area contributed by atoms with Crippen molar-refractivity contribution in [3.8, 4) is 17.3 Å². The molecule has 1 atom stereocenters. The molecule has 1 fully saturated rings. The van der Waals surface area contributed by atoms with Crippen LogP contribution in [0.3, 0.4) is 0 Å². The first-order chi connectivity index (χ1) is 19.6. The van der Waals surface area contributed by atoms with Crippen LogP contribution in [0.15, 0.2) is 60.7 Å². The molecule has 0 aliphatic carbocycles. The molecule has 212 valence electrons. The van der Waals surface area contributed by atoms with Crippen molar-refractivity contribution in [3.05, 3.63) is 66.4 Å². The Kier molecular flexibility index (Phi) is 7.51. The van der Waals surface area contributed by atoms with Crippen molar-refractivity contribution < 1.29 is 24.3 Å². The summed E-state index contributed by atoms with van der Waals surface area (Å²) in [6.07, 6.45) is -1.02. The average Bonchev–Trinajstić information content (AvgIpc) is 3.37. The van der Waals surface area contributed by atoms with E-state index in [1.54, 1.807) is 17.0 Å². The highest BCUT2D eigenvalue weighted by Crippen LogP contribution is 2.24. The number of carbonyl (C=O) groups is 3. The Morgan fingerprint density at radius 2 is 1.59 bits per heavy atom. The lowest BCUT2D eigenvalue weighted by Crippen LogP contribution is -2.59. The van der Waals surface area contributed by atoms with E-state index in [1.807, 2.05) is 63.2 Å². The molecule has 13 nitrogen and oxygen atoms in total. The molecule has 5 rings (SSSR count). The molecule has 2 N–H and O–H groups in total. The second-order valence-corrected chi connectivity index (χ2v) is 10.7. The van der Waals surface area contributed by atoms with E-state index in [-0.39, 0.29) is 49.5 Å². The predicted molar refractivity (Wildman–Crippen MR) is 148 cm³/mol. The van der Waals surface area contributed by atoms with Gasteiger partial charge in [-0.3, -0.25) is 9.59 Å². The van der Waals surface area contributed by atoms with Crippen molar-refractivity contribution in [2.45, 2.75) is 26.8 Å². The second kappa shape index (κ2) is 11.2. The van der Waals surface area contributed by atoms with Crippen LogP contribution >= 0.6 is 0 Å². The summed E-state index contributed by atoms with van der Waals surface area (Å²) in [5, 5.41) is 20.2. The number of nitrogens with one attached hydrogen (secondary N) is 1. The van der Waals surface area contributed by atoms with Crippen LogP contribution in [-0.2, 0) is 4.79 Å². The first-order valence-corrected chi connectivity index (χ1v) is 13.1. The van der Waals surface area contributed by atoms with Crippen LogP contribution in [0.25, 0.3) is 22.4 Å². The lowest BCUT2D eigenvalue weighted by molar-refractivity contribution is -0.137. The number of carbonyl (C=O) groups excluding carboxylic acids is 2. The van der Waals surface area contributed by atoms with Crippen LogP contribution in [-0.4, -0.2) is 90.2 Å². The van der Waals surface area contributed by atoms with Crippen molar-refractivity contribution in [2.24, 2.45) is 5.41 Å². The zero-order valence-electron chi connectivity index (χ0n) is 22.9. The highest BCUT2D eigenvalue weighted by Gasteiger charge is 2.37. The normalized spacial score (nSPS) is 14.5. The van der Waals surface area contributed by atoms with Crippen LogP contribution in [0.1, 0.15) is 31.3 Å². The number of piperazine rings is 1. The zero-order valence-corrected chi connectivity index (χ0v) is 22.9. The van der Waals surface area contributed by atoms with Crippen molar-refractivity contribution in [1.82, 2.24) is 40.2 Å². The van der Waals surface area contributed by atoms with Gasteiger partial charge >= 0.3 is 6.09 Å². The largest absolute Gasteiger partial charge is 0.465 e. The van der Waals surface area contributed by atoms with Crippen LogP contribution < -0.4 is 10.2 Å². The molecule has 0 radical (unpaired) electrons. The molecule has 41 heavy (non-hydrogen) atoms. The number of hydrogen-bond donors (Lipinski definition) is 2. The van der Waals surface area contributed by atoms with Crippen LogP contribution in [0, 0.1) is 5.41 Å². The Hall–Kier alpha value is -5.07. The zero-order chi connectivity index (χ0) is 29.1. The van der Waals surface area contributed by atoms with Crippen molar-refractivity contribution in [1.29, 1.82) is 0 Å². The molecule has 3 amide bonds. The summed E-state index contributed by atoms with van der Waals surface area (Å²) < 4.78 is 0. The van der Waals surface area contributed by atoms with Gasteiger partial charge < -0.3 is 25.1 Å². The number of hydrogen-bond acceptors (Lipinski definition) is 8. The quantitative estimate of drug-likeness (QED) is 0.363. The predicted octanol–water partition coefficient (Wildman–Crippen LogP) is 2.70. The lowest BCUT2D eigenvalue weighted by Gasteiger charge is -2.38. The van der Waals surface area contributed by atoms with Gasteiger partial charge in [0.05, 0.1) is 0 Å². The van der Waals surface area contributed by atoms with Crippen molar-refractivity contribution in [3.63, 3.8) is 0 Å². The van der Waals surface area contributed by atoms with Gasteiger partial charge in [-0.1, -0.05) is 68.1 Å². The molecule has 0 unspecified atom stereocenters. The number of carboxylic acid groups (broad SMARTS) is 1. The maximum atomic E-state index is 13.6. The van der Waals surface area contributed by atoms with Gasteiger partial charge in [0, 0.05) is 37.8 Å². The fraction of sp³-hybridized carbons (Fsp3) is 0.321. The number of para-hydroxylation sites is 1. The molecule has 2 aromatic heterocycles. The first-order valence-electron chi connectivity index (χ1n) is 13.1. The summed E-state index contributed by atoms with van der Waals surface area (Å²) in [5.74, 6) is -0.571. The standard InChI is InChI=1S/C28H30N8O5/c1-28(2,3)23(26(38)34-13-15-35(16-14-34)27(39)40)31-25(37)20-17-22(30-24(29-20)18-9-5-4-6-10-18)41-36-21-12-8-7-11-19(21)32-33-36/h4-12,17,23H,13-16H2,1-3H3,(H,31,37)(H,39,40)/t23-/m1/s1. The molecule has 4 aromatic rings. The number of rotatable bonds is 6. The summed E-state index contributed by atoms with van der Waals surface area (Å²) in [6.45, 7) is 6.44. The molecular formula is C28H30N8O5. The summed E-state index contributed by atoms with van der Waals surface area (Å²) in [6, 6.07) is 16.9. The third-order valence-corrected chi connectivity index (χ3v) is 6.72. The Morgan fingerprint density at radius 1 is 0.927 bits per heavy atom. The van der Waals surface area contributed by atoms with E-state index >= 15 is 0 Å². The van der Waals surface area contributed by atoms with E-state index in [2.05, 4.69) is 25.6 Å². The molecular weight excluding hydrogens is 528 g/mol. The van der Waals surface area contributed by atoms with Gasteiger partial charge in [-0.25, -0.2) is 9.78 Å². The Labute approximate surface area is 235 Å². The van der Waals surface area contributed by atoms with Gasteiger partial charge in [0.1, 0.15) is 22.8 Å². The van der Waals surface area contributed by atoms with Crippen LogP contribution in [0.4, 0.5) is 4.79 Å². The molecule has 0 saturated carbocycles. The number of benzene rings is 2. The number of aromatic nitrogens is 5. The molecule has 1 saturated heterocycles. The molecule has 3 heterocycles. The minimum Gasteiger partial charge on any atom is -0.465 e. The third kappa shape index (κ3) is 6.08. The van der Waals surface area contributed by atoms with Gasteiger partial charge in [0.25, 0.3) is 11.8 Å². The van der Waals surface area contributed by atoms with E-state index in [4.69, 9.17) is 4.84 Å². The Bertz CT molecular complexity index is 1580. The van der Waals surface area contributed by atoms with Crippen LogP contribution in [0.2, 0.25) is 0 Å². The van der Waals surface area contributed by atoms with E-state index in [1.165, 1.54) is 15.8 Å². The third-order valence-electron chi connectivity index (χ3n) is 6.72. The highest BCUT2D eigenvalue weighted by molar-refractivity contribution is 5.97. The van der Waals surface area contributed by atoms with E-state index in [9.17, 15) is 19.5 Å². The molecule has 13 heteroatoms. The molecule has 0 spiro atoms. The van der Waals surface area contributed by atoms with E-state index < -0.39 is 23.5 Å². The molecule has 2 aromatic carbocycles. The first kappa shape index (κ1) is 27.5. The van der Waals surface area contributed by atoms with E-state index in [0.29, 0.717) is 16.6 Å². The molecule has 0 bridgehead atoms. The number of nitrogens with zero attached hydrogens (tertiary/aromatic N) is 7. The summed E-state index contributed by atoms with van der Waals surface area (Å²) in [5.41, 5.74) is 1.25. The molecule has 1 aliphatic rings. The van der Waals surface area contributed by atoms with Crippen LogP contribution in [0.5, 0.6) is 5.88 Å². The van der Waals surface area contributed by atoms with Crippen molar-refractivity contribution >= 4 is 28.9 Å². The average molecular weight is 559 g/mol. The highest BCUT2D eigenvalue weighted by atomic mass is 16.7. The maximum absolute atomic E-state index is 13.6. The second-order valence-electron chi connectivity index (χ2n) is 10.7. The molecule has 1 aliphatic heterocycles. The lowest BCUT2D eigenvalue weighted by atomic mass is 9.85. The minimum atomic E-state index is -1.02. The van der Waals surface area contributed by atoms with Gasteiger partial charge in [0.15, 0.2) is 5.82 Å². The van der Waals surface area contributed by atoms with Gasteiger partial charge in [0.2, 0.25) is 5.91 Å². The van der Waals surface area contributed by atoms with Gasteiger partial charge in [-0.15, -0.1) is 5.10 Å². The van der Waals surface area contributed by atoms with Crippen molar-refractivity contribution in [2.75, 3.05) is 26.2 Å². The summed E-state index contributed by atoms with van der Waals surface area (Å²) in [4.78, 5) is 57.4. The fourth-order valence-electron chi connectivity index (χ4n) is 4.46. The summed E-state index contributed by atoms with van der Waals surface area (Å²) >= 11 is 0. The number of fused-ring (bicyclic) bond motifs is 1. The minimum absolute atomic E-state index is 0.00368.